The number of rotatable bonds is 2. The zero-order valence-corrected chi connectivity index (χ0v) is 16.0. The summed E-state index contributed by atoms with van der Waals surface area (Å²) in [6.07, 6.45) is 3.55. The quantitative estimate of drug-likeness (QED) is 0.710. The number of carbonyl (C=O) groups is 2. The fourth-order valence-electron chi connectivity index (χ4n) is 4.41. The van der Waals surface area contributed by atoms with Gasteiger partial charge in [-0.3, -0.25) is 9.59 Å². The number of hydrogen-bond donors (Lipinski definition) is 1. The van der Waals surface area contributed by atoms with Crippen molar-refractivity contribution < 1.29 is 14.3 Å². The van der Waals surface area contributed by atoms with Crippen molar-refractivity contribution in [3.05, 3.63) is 60.0 Å². The number of pyridine rings is 1. The second kappa shape index (κ2) is 6.66. The minimum atomic E-state index is -0.619. The summed E-state index contributed by atoms with van der Waals surface area (Å²) in [5.41, 5.74) is 2.18. The topological polar surface area (TPSA) is 89.4 Å². The summed E-state index contributed by atoms with van der Waals surface area (Å²) >= 11 is 0. The summed E-state index contributed by atoms with van der Waals surface area (Å²) in [5, 5.41) is 3.15. The molecule has 0 saturated carbocycles. The first-order valence-electron chi connectivity index (χ1n) is 9.62. The molecule has 0 spiro atoms. The summed E-state index contributed by atoms with van der Waals surface area (Å²) in [6, 6.07) is 11.6. The van der Waals surface area contributed by atoms with Gasteiger partial charge in [-0.15, -0.1) is 0 Å². The van der Waals surface area contributed by atoms with Crippen LogP contribution in [0.3, 0.4) is 0 Å². The highest BCUT2D eigenvalue weighted by Gasteiger charge is 2.50. The third-order valence-corrected chi connectivity index (χ3v) is 5.90. The van der Waals surface area contributed by atoms with Crippen LogP contribution in [0.5, 0.6) is 0 Å². The predicted molar refractivity (Wildman–Crippen MR) is 105 cm³/mol. The lowest BCUT2D eigenvalue weighted by atomic mass is 9.77. The molecule has 5 rings (SSSR count). The summed E-state index contributed by atoms with van der Waals surface area (Å²) in [7, 11) is 1.85. The Bertz CT molecular complexity index is 1100. The van der Waals surface area contributed by atoms with E-state index in [0.29, 0.717) is 36.2 Å². The molecule has 0 bridgehead atoms. The van der Waals surface area contributed by atoms with E-state index in [0.717, 1.165) is 5.56 Å². The van der Waals surface area contributed by atoms with Gasteiger partial charge in [-0.1, -0.05) is 30.3 Å². The Morgan fingerprint density at radius 2 is 2.07 bits per heavy atom. The van der Waals surface area contributed by atoms with E-state index < -0.39 is 5.54 Å². The number of fused-ring (bicyclic) bond motifs is 2. The molecule has 8 heteroatoms. The molecule has 2 aromatic heterocycles. The maximum absolute atomic E-state index is 13.3. The van der Waals surface area contributed by atoms with Crippen molar-refractivity contribution in [2.75, 3.05) is 19.7 Å². The van der Waals surface area contributed by atoms with Gasteiger partial charge in [0.2, 0.25) is 5.91 Å². The Labute approximate surface area is 167 Å². The first-order chi connectivity index (χ1) is 14.1. The molecule has 3 aromatic rings. The Morgan fingerprint density at radius 1 is 1.24 bits per heavy atom. The fraction of sp³-hybridized carbons (Fsp3) is 0.333. The van der Waals surface area contributed by atoms with Crippen LogP contribution in [0.2, 0.25) is 0 Å². The molecule has 2 atom stereocenters. The van der Waals surface area contributed by atoms with Crippen molar-refractivity contribution in [3.63, 3.8) is 0 Å². The second-order valence-corrected chi connectivity index (χ2v) is 7.57. The lowest BCUT2D eigenvalue weighted by Crippen LogP contribution is -2.67. The predicted octanol–water partition coefficient (Wildman–Crippen LogP) is 1.22. The van der Waals surface area contributed by atoms with Crippen molar-refractivity contribution in [1.82, 2.24) is 24.8 Å². The zero-order valence-electron chi connectivity index (χ0n) is 16.0. The minimum Gasteiger partial charge on any atom is -0.364 e. The zero-order chi connectivity index (χ0) is 20.0. The second-order valence-electron chi connectivity index (χ2n) is 7.57. The molecule has 2 aliphatic heterocycles. The number of ether oxygens (including phenoxy) is 1. The highest BCUT2D eigenvalue weighted by molar-refractivity contribution is 6.04. The average Bonchev–Trinajstić information content (AvgIpc) is 3.14. The van der Waals surface area contributed by atoms with Gasteiger partial charge in [-0.05, 0) is 18.1 Å². The number of aryl methyl sites for hydroxylation is 1. The lowest BCUT2D eigenvalue weighted by Gasteiger charge is -2.50. The number of nitrogens with one attached hydrogen (secondary N) is 1. The van der Waals surface area contributed by atoms with Crippen LogP contribution in [0.1, 0.15) is 22.3 Å². The molecule has 1 aromatic carbocycles. The van der Waals surface area contributed by atoms with E-state index in [2.05, 4.69) is 15.3 Å². The van der Waals surface area contributed by atoms with Crippen molar-refractivity contribution in [1.29, 1.82) is 0 Å². The third kappa shape index (κ3) is 2.79. The van der Waals surface area contributed by atoms with Crippen LogP contribution in [0, 0.1) is 0 Å². The third-order valence-electron chi connectivity index (χ3n) is 5.90. The van der Waals surface area contributed by atoms with Crippen molar-refractivity contribution >= 4 is 23.0 Å². The van der Waals surface area contributed by atoms with E-state index >= 15 is 0 Å². The molecule has 2 saturated heterocycles. The molecule has 0 radical (unpaired) electrons. The number of benzene rings is 1. The normalized spacial score (nSPS) is 24.2. The molecule has 148 valence electrons. The van der Waals surface area contributed by atoms with Crippen LogP contribution >= 0.6 is 0 Å². The first-order valence-corrected chi connectivity index (χ1v) is 9.62. The number of likely N-dealkylation sites (tertiary alicyclic amines) is 1. The fourth-order valence-corrected chi connectivity index (χ4v) is 4.41. The van der Waals surface area contributed by atoms with E-state index in [1.165, 1.54) is 0 Å². The van der Waals surface area contributed by atoms with Gasteiger partial charge in [0.15, 0.2) is 5.65 Å². The van der Waals surface area contributed by atoms with Gasteiger partial charge in [0.1, 0.15) is 18.2 Å². The van der Waals surface area contributed by atoms with E-state index in [1.54, 1.807) is 28.1 Å². The number of nitrogens with zero attached hydrogens (tertiary/aromatic N) is 4. The Kier molecular flexibility index (Phi) is 4.09. The number of imidazole rings is 1. The maximum atomic E-state index is 13.3. The number of carbonyl (C=O) groups excluding carboxylic acids is 2. The van der Waals surface area contributed by atoms with Crippen LogP contribution in [-0.2, 0) is 22.1 Å². The van der Waals surface area contributed by atoms with E-state index in [-0.39, 0.29) is 24.5 Å². The first kappa shape index (κ1) is 17.8. The van der Waals surface area contributed by atoms with Crippen LogP contribution in [-0.4, -0.2) is 57.0 Å². The SMILES string of the molecule is Cn1cnc2c(C(=O)N3CC[C@@]4(c5ccccc5)NC(=O)CO[C@@H]4C3)ccnc21. The Balaban J connectivity index is 1.47. The van der Waals surface area contributed by atoms with E-state index in [1.807, 2.05) is 37.4 Å². The van der Waals surface area contributed by atoms with Gasteiger partial charge < -0.3 is 19.5 Å². The van der Waals surface area contributed by atoms with Gasteiger partial charge in [-0.2, -0.15) is 0 Å². The molecule has 0 unspecified atom stereocenters. The summed E-state index contributed by atoms with van der Waals surface area (Å²) < 4.78 is 7.72. The van der Waals surface area contributed by atoms with Crippen LogP contribution in [0.4, 0.5) is 0 Å². The van der Waals surface area contributed by atoms with Crippen molar-refractivity contribution in [2.45, 2.75) is 18.1 Å². The van der Waals surface area contributed by atoms with E-state index in [9.17, 15) is 9.59 Å². The van der Waals surface area contributed by atoms with Gasteiger partial charge in [0, 0.05) is 26.3 Å². The molecular weight excluding hydrogens is 370 g/mol. The highest BCUT2D eigenvalue weighted by Crippen LogP contribution is 2.37. The summed E-state index contributed by atoms with van der Waals surface area (Å²) in [5.74, 6) is -0.229. The summed E-state index contributed by atoms with van der Waals surface area (Å²) in [6.45, 7) is 0.899. The number of morpholine rings is 1. The Hall–Kier alpha value is -3.26. The summed E-state index contributed by atoms with van der Waals surface area (Å²) in [4.78, 5) is 35.9. The standard InChI is InChI=1S/C21H21N5O3/c1-25-13-23-18-15(7-9-22-19(18)25)20(28)26-10-8-21(14-5-3-2-4-6-14)16(11-26)29-12-17(27)24-21/h2-7,9,13,16H,8,10-12H2,1H3,(H,24,27)/t16-,21+/m1/s1. The number of aromatic nitrogens is 3. The van der Waals surface area contributed by atoms with Crippen LogP contribution in [0.15, 0.2) is 48.9 Å². The highest BCUT2D eigenvalue weighted by atomic mass is 16.5. The largest absolute Gasteiger partial charge is 0.364 e. The number of piperidine rings is 1. The average molecular weight is 391 g/mol. The molecule has 2 aliphatic rings. The van der Waals surface area contributed by atoms with Crippen molar-refractivity contribution in [2.24, 2.45) is 7.05 Å². The molecule has 2 fully saturated rings. The number of amides is 2. The molecule has 2 amide bonds. The maximum Gasteiger partial charge on any atom is 0.256 e. The van der Waals surface area contributed by atoms with Gasteiger partial charge in [0.05, 0.1) is 17.4 Å². The minimum absolute atomic E-state index is 0.00102. The molecule has 8 nitrogen and oxygen atoms in total. The van der Waals surface area contributed by atoms with Gasteiger partial charge in [0.25, 0.3) is 5.91 Å². The van der Waals surface area contributed by atoms with Crippen LogP contribution in [0.25, 0.3) is 11.2 Å². The monoisotopic (exact) mass is 391 g/mol. The van der Waals surface area contributed by atoms with Gasteiger partial charge >= 0.3 is 0 Å². The smallest absolute Gasteiger partial charge is 0.256 e. The molecular formula is C21H21N5O3. The van der Waals surface area contributed by atoms with Crippen LogP contribution < -0.4 is 5.32 Å². The van der Waals surface area contributed by atoms with E-state index in [4.69, 9.17) is 4.74 Å². The lowest BCUT2D eigenvalue weighted by molar-refractivity contribution is -0.150. The molecule has 4 heterocycles. The Morgan fingerprint density at radius 3 is 2.90 bits per heavy atom. The molecule has 1 N–H and O–H groups in total. The molecule has 0 aliphatic carbocycles. The molecule has 29 heavy (non-hydrogen) atoms. The van der Waals surface area contributed by atoms with Crippen molar-refractivity contribution in [3.8, 4) is 0 Å². The number of hydrogen-bond acceptors (Lipinski definition) is 5. The van der Waals surface area contributed by atoms with Gasteiger partial charge in [-0.25, -0.2) is 9.97 Å².